The lowest BCUT2D eigenvalue weighted by Crippen LogP contribution is -2.18. The van der Waals surface area contributed by atoms with Crippen LogP contribution in [0, 0.1) is 6.92 Å². The summed E-state index contributed by atoms with van der Waals surface area (Å²) < 4.78 is 76.5. The number of aryl methyl sites for hydroxylation is 1. The van der Waals surface area contributed by atoms with E-state index >= 15 is 0 Å². The number of methoxy groups -OCH3 is 1. The van der Waals surface area contributed by atoms with E-state index in [1.54, 1.807) is 92.0 Å². The van der Waals surface area contributed by atoms with Crippen molar-refractivity contribution in [2.45, 2.75) is 45.8 Å². The maximum absolute atomic E-state index is 13.5. The number of ether oxygens (including phenoxy) is 4. The van der Waals surface area contributed by atoms with Gasteiger partial charge in [0.25, 0.3) is 0 Å². The fourth-order valence-electron chi connectivity index (χ4n) is 7.00. The molecule has 0 amide bonds. The maximum atomic E-state index is 13.5. The van der Waals surface area contributed by atoms with E-state index in [9.17, 15) is 16.8 Å². The van der Waals surface area contributed by atoms with Crippen LogP contribution in [0.2, 0.25) is 0 Å². The number of hydrogen-bond acceptors (Lipinski definition) is 8. The average Bonchev–Trinajstić information content (AvgIpc) is 3.30. The molecule has 0 aliphatic carbocycles. The van der Waals surface area contributed by atoms with E-state index in [2.05, 4.69) is 26.0 Å². The van der Waals surface area contributed by atoms with Crippen LogP contribution < -0.4 is 18.9 Å². The minimum atomic E-state index is -3.80. The van der Waals surface area contributed by atoms with Crippen LogP contribution in [0.5, 0.6) is 40.2 Å². The second-order valence-corrected chi connectivity index (χ2v) is 19.4. The normalized spacial score (nSPS) is 11.7. The van der Waals surface area contributed by atoms with Crippen LogP contribution in [-0.4, -0.2) is 23.9 Å². The van der Waals surface area contributed by atoms with E-state index in [4.69, 9.17) is 18.9 Å². The Labute approximate surface area is 368 Å². The summed E-state index contributed by atoms with van der Waals surface area (Å²) in [6, 6.07) is 56.9. The molecule has 0 fully saturated rings. The highest BCUT2D eigenvalue weighted by Crippen LogP contribution is 2.35. The van der Waals surface area contributed by atoms with Crippen LogP contribution in [-0.2, 0) is 25.1 Å². The summed E-state index contributed by atoms with van der Waals surface area (Å²) in [4.78, 5) is 0.733. The van der Waals surface area contributed by atoms with E-state index < -0.39 is 19.7 Å². The predicted molar refractivity (Wildman–Crippen MR) is 245 cm³/mol. The molecule has 0 aliphatic heterocycles. The van der Waals surface area contributed by atoms with Crippen molar-refractivity contribution in [3.63, 3.8) is 0 Å². The third-order valence-electron chi connectivity index (χ3n) is 10.9. The van der Waals surface area contributed by atoms with Gasteiger partial charge in [-0.05, 0) is 163 Å². The first-order valence-corrected chi connectivity index (χ1v) is 23.1. The minimum Gasteiger partial charge on any atom is -0.497 e. The second kappa shape index (κ2) is 17.7. The van der Waals surface area contributed by atoms with Gasteiger partial charge in [-0.2, -0.15) is 0 Å². The summed E-state index contributed by atoms with van der Waals surface area (Å²) in [6.07, 6.45) is 0. The molecular formula is C53H44O8S2. The summed E-state index contributed by atoms with van der Waals surface area (Å²) in [5.74, 6) is 4.18. The van der Waals surface area contributed by atoms with Gasteiger partial charge in [0.05, 0.1) is 26.7 Å². The maximum Gasteiger partial charge on any atom is 0.206 e. The first kappa shape index (κ1) is 42.5. The zero-order chi connectivity index (χ0) is 44.2. The van der Waals surface area contributed by atoms with Crippen molar-refractivity contribution >= 4 is 19.7 Å². The van der Waals surface area contributed by atoms with Gasteiger partial charge in [0.2, 0.25) is 19.7 Å². The Kier molecular flexibility index (Phi) is 11.9. The Bertz CT molecular complexity index is 3040. The van der Waals surface area contributed by atoms with Gasteiger partial charge in [-0.15, -0.1) is 0 Å². The molecule has 0 radical (unpaired) electrons. The van der Waals surface area contributed by atoms with Gasteiger partial charge in [-0.25, -0.2) is 16.8 Å². The van der Waals surface area contributed by atoms with Crippen molar-refractivity contribution in [1.29, 1.82) is 0 Å². The quantitative estimate of drug-likeness (QED) is 0.106. The van der Waals surface area contributed by atoms with Gasteiger partial charge >= 0.3 is 0 Å². The molecule has 10 heteroatoms. The predicted octanol–water partition coefficient (Wildman–Crippen LogP) is 13.0. The molecule has 8 aromatic carbocycles. The summed E-state index contributed by atoms with van der Waals surface area (Å²) in [5.41, 5.74) is 4.96. The van der Waals surface area contributed by atoms with Crippen LogP contribution in [0.1, 0.15) is 30.5 Å². The SMILES string of the molecule is COc1ccc(C(C)(C)c2ccc(Oc3ccc(S(=O)(=O)c4ccc(Oc5ccc(-c6ccc(Oc7ccc(S(=O)(=O)c8ccc(C)cc8)cc7)cc6)cc5)cc4)cc3)cc2)cc1. The highest BCUT2D eigenvalue weighted by Gasteiger charge is 2.24. The molecule has 0 spiro atoms. The zero-order valence-corrected chi connectivity index (χ0v) is 36.7. The Morgan fingerprint density at radius 3 is 0.857 bits per heavy atom. The summed E-state index contributed by atoms with van der Waals surface area (Å²) in [6.45, 7) is 6.24. The number of sulfone groups is 2. The Hall–Kier alpha value is -7.14. The Balaban J connectivity index is 0.843. The molecule has 8 rings (SSSR count). The van der Waals surface area contributed by atoms with Crippen molar-refractivity contribution < 1.29 is 35.8 Å². The highest BCUT2D eigenvalue weighted by molar-refractivity contribution is 7.91. The fourth-order valence-corrected chi connectivity index (χ4v) is 9.53. The van der Waals surface area contributed by atoms with E-state index in [0.29, 0.717) is 34.5 Å². The largest absolute Gasteiger partial charge is 0.497 e. The second-order valence-electron chi connectivity index (χ2n) is 15.5. The first-order chi connectivity index (χ1) is 30.3. The summed E-state index contributed by atoms with van der Waals surface area (Å²) in [5, 5.41) is 0. The van der Waals surface area contributed by atoms with Crippen LogP contribution in [0.3, 0.4) is 0 Å². The summed E-state index contributed by atoms with van der Waals surface area (Å²) in [7, 11) is -5.77. The van der Waals surface area contributed by atoms with E-state index in [1.807, 2.05) is 91.9 Å². The number of hydrogen-bond donors (Lipinski definition) is 0. The van der Waals surface area contributed by atoms with Crippen molar-refractivity contribution in [3.8, 4) is 51.4 Å². The monoisotopic (exact) mass is 872 g/mol. The molecule has 8 aromatic rings. The molecule has 0 N–H and O–H groups in total. The highest BCUT2D eigenvalue weighted by atomic mass is 32.2. The number of benzene rings is 8. The van der Waals surface area contributed by atoms with Crippen molar-refractivity contribution in [2.75, 3.05) is 7.11 Å². The lowest BCUT2D eigenvalue weighted by molar-refractivity contribution is 0.414. The molecule has 0 unspecified atom stereocenters. The van der Waals surface area contributed by atoms with Gasteiger partial charge in [0.15, 0.2) is 0 Å². The molecule has 0 aromatic heterocycles. The molecule has 0 atom stereocenters. The third-order valence-corrected chi connectivity index (χ3v) is 14.4. The molecule has 316 valence electrons. The molecule has 8 nitrogen and oxygen atoms in total. The van der Waals surface area contributed by atoms with Crippen molar-refractivity contribution in [3.05, 3.63) is 211 Å². The van der Waals surface area contributed by atoms with Crippen LogP contribution in [0.4, 0.5) is 0 Å². The Morgan fingerprint density at radius 1 is 0.333 bits per heavy atom. The smallest absolute Gasteiger partial charge is 0.206 e. The average molecular weight is 873 g/mol. The van der Waals surface area contributed by atoms with Crippen LogP contribution in [0.25, 0.3) is 11.1 Å². The van der Waals surface area contributed by atoms with Gasteiger partial charge in [-0.1, -0.05) is 80.1 Å². The topological polar surface area (TPSA) is 105 Å². The van der Waals surface area contributed by atoms with E-state index in [-0.39, 0.29) is 25.0 Å². The Morgan fingerprint density at radius 2 is 0.571 bits per heavy atom. The third kappa shape index (κ3) is 9.52. The zero-order valence-electron chi connectivity index (χ0n) is 35.1. The molecule has 63 heavy (non-hydrogen) atoms. The lowest BCUT2D eigenvalue weighted by atomic mass is 9.78. The molecule has 0 heterocycles. The van der Waals surface area contributed by atoms with Gasteiger partial charge in [0, 0.05) is 5.41 Å². The van der Waals surface area contributed by atoms with Gasteiger partial charge in [0.1, 0.15) is 40.2 Å². The van der Waals surface area contributed by atoms with Gasteiger partial charge in [-0.3, -0.25) is 0 Å². The van der Waals surface area contributed by atoms with E-state index in [0.717, 1.165) is 33.6 Å². The molecular weight excluding hydrogens is 829 g/mol. The fraction of sp³-hybridized carbons (Fsp3) is 0.0943. The molecule has 0 aliphatic rings. The van der Waals surface area contributed by atoms with Crippen molar-refractivity contribution in [1.82, 2.24) is 0 Å². The van der Waals surface area contributed by atoms with Crippen LogP contribution >= 0.6 is 0 Å². The molecule has 0 bridgehead atoms. The number of rotatable bonds is 14. The van der Waals surface area contributed by atoms with Crippen LogP contribution in [0.15, 0.2) is 214 Å². The van der Waals surface area contributed by atoms with Crippen molar-refractivity contribution in [2.24, 2.45) is 0 Å². The minimum absolute atomic E-state index is 0.143. The molecule has 0 saturated heterocycles. The standard InChI is InChI=1S/C53H44O8S2/c1-37-5-29-49(30-6-37)62(54,55)50-31-23-46(24-32-50)59-43-15-7-38(8-16-43)39-9-17-44(18-10-39)60-47-25-33-51(34-26-47)63(56,57)52-35-27-48(28-36-52)61-45-21-13-41(14-22-45)53(2,3)40-11-19-42(58-4)20-12-40/h5-36H,1-4H3. The van der Waals surface area contributed by atoms with Gasteiger partial charge < -0.3 is 18.9 Å². The first-order valence-electron chi connectivity index (χ1n) is 20.1. The molecule has 0 saturated carbocycles. The van der Waals surface area contributed by atoms with E-state index in [1.165, 1.54) is 12.1 Å². The lowest BCUT2D eigenvalue weighted by Gasteiger charge is -2.26. The summed E-state index contributed by atoms with van der Waals surface area (Å²) >= 11 is 0.